The molecule has 206 valence electrons. The predicted octanol–water partition coefficient (Wildman–Crippen LogP) is 3.67. The lowest BCUT2D eigenvalue weighted by Gasteiger charge is -2.43. The maximum Gasteiger partial charge on any atom is 0.419 e. The Hall–Kier alpha value is -3.07. The van der Waals surface area contributed by atoms with E-state index in [0.717, 1.165) is 25.7 Å². The molecule has 1 saturated carbocycles. The van der Waals surface area contributed by atoms with E-state index in [-0.39, 0.29) is 47.9 Å². The fourth-order valence-electron chi connectivity index (χ4n) is 5.07. The molecule has 3 heterocycles. The van der Waals surface area contributed by atoms with Gasteiger partial charge in [0, 0.05) is 44.5 Å². The molecule has 3 aromatic rings. The van der Waals surface area contributed by atoms with Gasteiger partial charge in [-0.3, -0.25) is 0 Å². The van der Waals surface area contributed by atoms with Crippen LogP contribution in [0, 0.1) is 17.6 Å². The van der Waals surface area contributed by atoms with E-state index in [4.69, 9.17) is 0 Å². The molecule has 15 heteroatoms. The first-order chi connectivity index (χ1) is 17.8. The van der Waals surface area contributed by atoms with Crippen molar-refractivity contribution < 1.29 is 35.5 Å². The second kappa shape index (κ2) is 9.29. The fraction of sp³-hybridized carbons (Fsp3) is 0.522. The van der Waals surface area contributed by atoms with Gasteiger partial charge in [0.1, 0.15) is 5.69 Å². The van der Waals surface area contributed by atoms with Crippen molar-refractivity contribution in [2.45, 2.75) is 37.9 Å². The fourth-order valence-corrected chi connectivity index (χ4v) is 5.93. The highest BCUT2D eigenvalue weighted by Crippen LogP contribution is 2.41. The summed E-state index contributed by atoms with van der Waals surface area (Å²) >= 11 is 0. The number of benzene rings is 1. The third-order valence-electron chi connectivity index (χ3n) is 7.31. The highest BCUT2D eigenvalue weighted by Gasteiger charge is 2.39. The molecular weight excluding hydrogens is 535 g/mol. The molecule has 0 spiro atoms. The number of aromatic hydroxyl groups is 1. The zero-order valence-electron chi connectivity index (χ0n) is 20.5. The van der Waals surface area contributed by atoms with Gasteiger partial charge >= 0.3 is 6.18 Å². The summed E-state index contributed by atoms with van der Waals surface area (Å²) in [5, 5.41) is 13.9. The SMILES string of the molecule is Cn1nc(-c2cc(C(F)(F)F)c(F)c(O)c2F)c2cnc(N3CCN(S(C)(=O)=O)C[C@@H]3CC3CCC3)nc21. The summed E-state index contributed by atoms with van der Waals surface area (Å²) in [5.41, 5.74) is -2.69. The van der Waals surface area contributed by atoms with Crippen molar-refractivity contribution in [1.82, 2.24) is 24.1 Å². The Morgan fingerprint density at radius 1 is 1.16 bits per heavy atom. The van der Waals surface area contributed by atoms with Crippen molar-refractivity contribution in [3.05, 3.63) is 29.5 Å². The van der Waals surface area contributed by atoms with E-state index in [1.165, 1.54) is 28.5 Å². The lowest BCUT2D eigenvalue weighted by atomic mass is 9.80. The van der Waals surface area contributed by atoms with Gasteiger partial charge in [0.15, 0.2) is 23.0 Å². The third-order valence-corrected chi connectivity index (χ3v) is 8.58. The zero-order chi connectivity index (χ0) is 27.6. The number of phenolic OH excluding ortho intramolecular Hbond substituents is 1. The summed E-state index contributed by atoms with van der Waals surface area (Å²) in [4.78, 5) is 10.8. The second-order valence-corrected chi connectivity index (χ2v) is 11.8. The zero-order valence-corrected chi connectivity index (χ0v) is 21.3. The molecule has 0 unspecified atom stereocenters. The number of nitrogens with zero attached hydrogens (tertiary/aromatic N) is 6. The van der Waals surface area contributed by atoms with Crippen LogP contribution < -0.4 is 4.90 Å². The molecule has 0 bridgehead atoms. The highest BCUT2D eigenvalue weighted by atomic mass is 32.2. The van der Waals surface area contributed by atoms with Crippen LogP contribution in [0.5, 0.6) is 5.75 Å². The number of hydrogen-bond donors (Lipinski definition) is 1. The number of phenols is 1. The number of halogens is 5. The van der Waals surface area contributed by atoms with Crippen LogP contribution in [0.2, 0.25) is 0 Å². The molecule has 1 atom stereocenters. The van der Waals surface area contributed by atoms with Gasteiger partial charge in [0.05, 0.1) is 17.2 Å². The minimum atomic E-state index is -5.18. The summed E-state index contributed by atoms with van der Waals surface area (Å²) in [6.07, 6.45) is 1.27. The minimum Gasteiger partial charge on any atom is -0.503 e. The average Bonchev–Trinajstić information content (AvgIpc) is 3.14. The lowest BCUT2D eigenvalue weighted by Crippen LogP contribution is -2.55. The summed E-state index contributed by atoms with van der Waals surface area (Å²) in [7, 11) is -1.93. The van der Waals surface area contributed by atoms with Crippen LogP contribution >= 0.6 is 0 Å². The average molecular weight is 561 g/mol. The molecule has 38 heavy (non-hydrogen) atoms. The Balaban J connectivity index is 1.55. The monoisotopic (exact) mass is 560 g/mol. The molecular formula is C23H25F5N6O3S. The first-order valence-electron chi connectivity index (χ1n) is 12.0. The Morgan fingerprint density at radius 3 is 2.47 bits per heavy atom. The normalized spacial score (nSPS) is 19.8. The van der Waals surface area contributed by atoms with E-state index in [1.807, 2.05) is 4.90 Å². The van der Waals surface area contributed by atoms with E-state index in [0.29, 0.717) is 12.5 Å². The summed E-state index contributed by atoms with van der Waals surface area (Å²) < 4.78 is 95.7. The lowest BCUT2D eigenvalue weighted by molar-refractivity contribution is -0.140. The Kier molecular flexibility index (Phi) is 6.49. The Bertz CT molecular complexity index is 1510. The molecule has 1 aliphatic heterocycles. The molecule has 1 aliphatic carbocycles. The molecule has 0 radical (unpaired) electrons. The van der Waals surface area contributed by atoms with Crippen LogP contribution in [0.3, 0.4) is 0 Å². The molecule has 1 aromatic carbocycles. The molecule has 1 saturated heterocycles. The third kappa shape index (κ3) is 4.65. The Morgan fingerprint density at radius 2 is 1.87 bits per heavy atom. The first kappa shape index (κ1) is 26.5. The molecule has 2 aliphatic rings. The van der Waals surface area contributed by atoms with Crippen LogP contribution in [-0.4, -0.2) is 69.5 Å². The van der Waals surface area contributed by atoms with Gasteiger partial charge in [0.25, 0.3) is 0 Å². The topological polar surface area (TPSA) is 104 Å². The molecule has 2 fully saturated rings. The van der Waals surface area contributed by atoms with Gasteiger partial charge in [0.2, 0.25) is 16.0 Å². The van der Waals surface area contributed by atoms with Crippen molar-refractivity contribution in [2.75, 3.05) is 30.8 Å². The van der Waals surface area contributed by atoms with E-state index >= 15 is 0 Å². The van der Waals surface area contributed by atoms with Crippen LogP contribution in [-0.2, 0) is 23.2 Å². The molecule has 1 N–H and O–H groups in total. The number of piperazine rings is 1. The van der Waals surface area contributed by atoms with Gasteiger partial charge in [-0.25, -0.2) is 26.9 Å². The van der Waals surface area contributed by atoms with Gasteiger partial charge in [-0.05, 0) is 18.4 Å². The first-order valence-corrected chi connectivity index (χ1v) is 13.8. The standard InChI is InChI=1S/C23H25F5N6O3S/c1-32-21-15(19(31-32)14-9-16(23(26,27)28)18(25)20(35)17(14)24)10-29-22(30-21)34-7-6-33(38(2,36)37)11-13(34)8-12-4-3-5-12/h9-10,12-13,35H,3-8,11H2,1-2H3/t13-/m0/s1. The van der Waals surface area contributed by atoms with Crippen molar-refractivity contribution in [1.29, 1.82) is 0 Å². The number of aromatic nitrogens is 4. The Labute approximate surface area is 214 Å². The minimum absolute atomic E-state index is 0.0968. The molecule has 0 amide bonds. The van der Waals surface area contributed by atoms with Crippen LogP contribution in [0.4, 0.5) is 27.9 Å². The number of rotatable bonds is 5. The predicted molar refractivity (Wildman–Crippen MR) is 128 cm³/mol. The summed E-state index contributed by atoms with van der Waals surface area (Å²) in [6, 6.07) is 0.0776. The molecule has 5 rings (SSSR count). The maximum atomic E-state index is 14.8. The van der Waals surface area contributed by atoms with E-state index in [2.05, 4.69) is 15.1 Å². The summed E-state index contributed by atoms with van der Waals surface area (Å²) in [5.74, 6) is -4.71. The highest BCUT2D eigenvalue weighted by molar-refractivity contribution is 7.88. The van der Waals surface area contributed by atoms with Crippen LogP contribution in [0.1, 0.15) is 31.2 Å². The number of aryl methyl sites for hydroxylation is 1. The van der Waals surface area contributed by atoms with E-state index < -0.39 is 44.7 Å². The molecule has 9 nitrogen and oxygen atoms in total. The quantitative estimate of drug-likeness (QED) is 0.475. The van der Waals surface area contributed by atoms with Crippen molar-refractivity contribution >= 4 is 27.0 Å². The van der Waals surface area contributed by atoms with E-state index in [9.17, 15) is 35.5 Å². The number of sulfonamides is 1. The van der Waals surface area contributed by atoms with Gasteiger partial charge in [-0.2, -0.15) is 27.6 Å². The smallest absolute Gasteiger partial charge is 0.419 e. The number of hydrogen-bond acceptors (Lipinski definition) is 7. The van der Waals surface area contributed by atoms with Crippen LogP contribution in [0.15, 0.2) is 12.3 Å². The van der Waals surface area contributed by atoms with E-state index in [1.54, 1.807) is 0 Å². The van der Waals surface area contributed by atoms with Crippen molar-refractivity contribution in [3.63, 3.8) is 0 Å². The summed E-state index contributed by atoms with van der Waals surface area (Å²) in [6.45, 7) is 0.835. The second-order valence-electron chi connectivity index (χ2n) is 9.83. The van der Waals surface area contributed by atoms with Crippen LogP contribution in [0.25, 0.3) is 22.3 Å². The number of fused-ring (bicyclic) bond motifs is 1. The number of alkyl halides is 3. The maximum absolute atomic E-state index is 14.8. The largest absolute Gasteiger partial charge is 0.503 e. The van der Waals surface area contributed by atoms with Gasteiger partial charge in [-0.15, -0.1) is 0 Å². The van der Waals surface area contributed by atoms with Crippen molar-refractivity contribution in [3.8, 4) is 17.0 Å². The van der Waals surface area contributed by atoms with Gasteiger partial charge < -0.3 is 10.0 Å². The number of anilines is 1. The molecule has 2 aromatic heterocycles. The van der Waals surface area contributed by atoms with Crippen molar-refractivity contribution in [2.24, 2.45) is 13.0 Å². The van der Waals surface area contributed by atoms with Gasteiger partial charge in [-0.1, -0.05) is 19.3 Å².